The summed E-state index contributed by atoms with van der Waals surface area (Å²) in [5, 5.41) is 12.4. The van der Waals surface area contributed by atoms with Crippen LogP contribution in [0.15, 0.2) is 24.3 Å². The van der Waals surface area contributed by atoms with Gasteiger partial charge in [0.2, 0.25) is 0 Å². The van der Waals surface area contributed by atoms with E-state index in [0.717, 1.165) is 11.4 Å². The van der Waals surface area contributed by atoms with E-state index in [0.29, 0.717) is 11.3 Å². The molecule has 0 aliphatic rings. The minimum absolute atomic E-state index is 0.599. The third-order valence-corrected chi connectivity index (χ3v) is 3.81. The first-order valence-corrected chi connectivity index (χ1v) is 6.58. The van der Waals surface area contributed by atoms with E-state index in [9.17, 15) is 0 Å². The summed E-state index contributed by atoms with van der Waals surface area (Å²) in [6, 6.07) is 9.59. The molecule has 102 valence electrons. The van der Waals surface area contributed by atoms with Gasteiger partial charge in [-0.1, -0.05) is 6.07 Å². The average Bonchev–Trinajstić information content (AvgIpc) is 2.43. The lowest BCUT2D eigenvalue weighted by Crippen LogP contribution is -2.02. The number of nitrogens with one attached hydrogen (secondary N) is 1. The lowest BCUT2D eigenvalue weighted by atomic mass is 9.98. The molecule has 0 fully saturated rings. The minimum Gasteiger partial charge on any atom is -0.397 e. The van der Waals surface area contributed by atoms with Gasteiger partial charge in [0.1, 0.15) is 0 Å². The number of hydrogen-bond donors (Lipinski definition) is 2. The van der Waals surface area contributed by atoms with Gasteiger partial charge in [-0.05, 0) is 68.1 Å². The van der Waals surface area contributed by atoms with Crippen LogP contribution in [0, 0.1) is 39.0 Å². The molecule has 0 aliphatic carbocycles. The second-order valence-corrected chi connectivity index (χ2v) is 5.17. The van der Waals surface area contributed by atoms with Crippen LogP contribution in [0.1, 0.15) is 27.8 Å². The molecule has 3 nitrogen and oxygen atoms in total. The maximum absolute atomic E-state index is 9.00. The van der Waals surface area contributed by atoms with Crippen LogP contribution < -0.4 is 11.1 Å². The van der Waals surface area contributed by atoms with E-state index in [2.05, 4.69) is 45.1 Å². The van der Waals surface area contributed by atoms with Crippen molar-refractivity contribution in [3.63, 3.8) is 0 Å². The zero-order valence-corrected chi connectivity index (χ0v) is 12.3. The monoisotopic (exact) mass is 265 g/mol. The van der Waals surface area contributed by atoms with Crippen LogP contribution in [0.3, 0.4) is 0 Å². The second kappa shape index (κ2) is 5.26. The molecule has 3 heteroatoms. The van der Waals surface area contributed by atoms with E-state index in [4.69, 9.17) is 11.0 Å². The number of benzene rings is 2. The summed E-state index contributed by atoms with van der Waals surface area (Å²) in [4.78, 5) is 0. The molecule has 20 heavy (non-hydrogen) atoms. The van der Waals surface area contributed by atoms with Crippen molar-refractivity contribution in [3.8, 4) is 6.07 Å². The minimum atomic E-state index is 0.599. The molecule has 0 atom stereocenters. The average molecular weight is 265 g/mol. The van der Waals surface area contributed by atoms with Crippen LogP contribution in [0.4, 0.5) is 17.1 Å². The molecule has 0 radical (unpaired) electrons. The predicted octanol–water partition coefficient (Wildman–Crippen LogP) is 4.12. The highest BCUT2D eigenvalue weighted by Crippen LogP contribution is 2.31. The molecule has 0 spiro atoms. The molecule has 0 bridgehead atoms. The van der Waals surface area contributed by atoms with Crippen LogP contribution in [0.2, 0.25) is 0 Å². The largest absolute Gasteiger partial charge is 0.397 e. The Kier molecular flexibility index (Phi) is 3.67. The topological polar surface area (TPSA) is 61.8 Å². The van der Waals surface area contributed by atoms with E-state index in [-0.39, 0.29) is 0 Å². The van der Waals surface area contributed by atoms with Gasteiger partial charge in [-0.2, -0.15) is 5.26 Å². The molecule has 0 saturated carbocycles. The maximum atomic E-state index is 9.00. The highest BCUT2D eigenvalue weighted by atomic mass is 14.9. The van der Waals surface area contributed by atoms with Crippen molar-refractivity contribution in [2.75, 3.05) is 11.1 Å². The highest BCUT2D eigenvalue weighted by molar-refractivity contribution is 5.77. The Morgan fingerprint density at radius 3 is 2.15 bits per heavy atom. The zero-order chi connectivity index (χ0) is 14.9. The Hall–Kier alpha value is -2.47. The molecule has 2 aromatic rings. The van der Waals surface area contributed by atoms with Gasteiger partial charge in [0.15, 0.2) is 0 Å². The molecule has 2 rings (SSSR count). The second-order valence-electron chi connectivity index (χ2n) is 5.17. The Balaban J connectivity index is 2.53. The van der Waals surface area contributed by atoms with Crippen molar-refractivity contribution in [2.24, 2.45) is 0 Å². The number of nitrogens with zero attached hydrogens (tertiary/aromatic N) is 1. The lowest BCUT2D eigenvalue weighted by molar-refractivity contribution is 1.24. The van der Waals surface area contributed by atoms with Gasteiger partial charge in [0.25, 0.3) is 0 Å². The van der Waals surface area contributed by atoms with Crippen LogP contribution in [0.25, 0.3) is 0 Å². The van der Waals surface area contributed by atoms with Crippen molar-refractivity contribution in [1.82, 2.24) is 0 Å². The normalized spacial score (nSPS) is 10.2. The first kappa shape index (κ1) is 14.0. The van der Waals surface area contributed by atoms with Gasteiger partial charge >= 0.3 is 0 Å². The van der Waals surface area contributed by atoms with Gasteiger partial charge in [0, 0.05) is 5.69 Å². The smallest absolute Gasteiger partial charge is 0.0992 e. The van der Waals surface area contributed by atoms with Crippen LogP contribution in [-0.2, 0) is 0 Å². The van der Waals surface area contributed by atoms with E-state index in [1.54, 1.807) is 18.2 Å². The summed E-state index contributed by atoms with van der Waals surface area (Å²) in [6.45, 7) is 8.38. The summed E-state index contributed by atoms with van der Waals surface area (Å²) < 4.78 is 0. The van der Waals surface area contributed by atoms with Crippen molar-refractivity contribution in [1.29, 1.82) is 5.26 Å². The van der Waals surface area contributed by atoms with Crippen LogP contribution in [0.5, 0.6) is 0 Å². The molecule has 2 aromatic carbocycles. The summed E-state index contributed by atoms with van der Waals surface area (Å²) in [5.41, 5.74) is 14.0. The lowest BCUT2D eigenvalue weighted by Gasteiger charge is -2.18. The number of rotatable bonds is 2. The summed E-state index contributed by atoms with van der Waals surface area (Å²) in [6.07, 6.45) is 0. The molecule has 3 N–H and O–H groups in total. The Bertz CT molecular complexity index is 683. The number of hydrogen-bond acceptors (Lipinski definition) is 3. The Labute approximate surface area is 120 Å². The molecule has 0 aliphatic heterocycles. The van der Waals surface area contributed by atoms with Gasteiger partial charge in [-0.3, -0.25) is 0 Å². The molecule has 0 unspecified atom stereocenters. The molecule has 0 aromatic heterocycles. The first-order valence-electron chi connectivity index (χ1n) is 6.58. The number of aryl methyl sites for hydroxylation is 2. The predicted molar refractivity (Wildman–Crippen MR) is 84.2 cm³/mol. The number of nitrogen functional groups attached to an aromatic ring is 1. The van der Waals surface area contributed by atoms with Gasteiger partial charge in [0.05, 0.1) is 23.0 Å². The van der Waals surface area contributed by atoms with Crippen LogP contribution >= 0.6 is 0 Å². The highest BCUT2D eigenvalue weighted by Gasteiger charge is 2.10. The van der Waals surface area contributed by atoms with Crippen molar-refractivity contribution < 1.29 is 0 Å². The zero-order valence-electron chi connectivity index (χ0n) is 12.3. The van der Waals surface area contributed by atoms with E-state index < -0.39 is 0 Å². The maximum Gasteiger partial charge on any atom is 0.0992 e. The third-order valence-electron chi connectivity index (χ3n) is 3.81. The van der Waals surface area contributed by atoms with Crippen molar-refractivity contribution in [3.05, 3.63) is 52.1 Å². The number of anilines is 3. The van der Waals surface area contributed by atoms with Crippen molar-refractivity contribution in [2.45, 2.75) is 27.7 Å². The summed E-state index contributed by atoms with van der Waals surface area (Å²) in [7, 11) is 0. The number of nitrogens with two attached hydrogens (primary N) is 1. The van der Waals surface area contributed by atoms with Gasteiger partial charge in [-0.15, -0.1) is 0 Å². The third kappa shape index (κ3) is 2.46. The Morgan fingerprint density at radius 1 is 1.00 bits per heavy atom. The SMILES string of the molecule is Cc1cc(C)c(C)c(Nc2cc(C#N)ccc2N)c1C. The number of nitriles is 1. The molecule has 0 heterocycles. The fourth-order valence-electron chi connectivity index (χ4n) is 2.27. The van der Waals surface area contributed by atoms with E-state index >= 15 is 0 Å². The van der Waals surface area contributed by atoms with Crippen molar-refractivity contribution >= 4 is 17.1 Å². The van der Waals surface area contributed by atoms with Gasteiger partial charge < -0.3 is 11.1 Å². The fourth-order valence-corrected chi connectivity index (χ4v) is 2.27. The molecular weight excluding hydrogens is 246 g/mol. The summed E-state index contributed by atoms with van der Waals surface area (Å²) in [5.74, 6) is 0. The van der Waals surface area contributed by atoms with E-state index in [1.165, 1.54) is 22.3 Å². The molecule has 0 amide bonds. The fraction of sp³-hybridized carbons (Fsp3) is 0.235. The molecular formula is C17H19N3. The van der Waals surface area contributed by atoms with E-state index in [1.807, 2.05) is 0 Å². The Morgan fingerprint density at radius 2 is 1.60 bits per heavy atom. The quantitative estimate of drug-likeness (QED) is 0.803. The van der Waals surface area contributed by atoms with Gasteiger partial charge in [-0.25, -0.2) is 0 Å². The summed E-state index contributed by atoms with van der Waals surface area (Å²) >= 11 is 0. The standard InChI is InChI=1S/C17H19N3/c1-10-7-11(2)13(4)17(12(10)3)20-16-8-14(9-18)5-6-15(16)19/h5-8,20H,19H2,1-4H3. The molecule has 0 saturated heterocycles. The first-order chi connectivity index (χ1) is 9.43. The van der Waals surface area contributed by atoms with Crippen LogP contribution in [-0.4, -0.2) is 0 Å².